The lowest BCUT2D eigenvalue weighted by Crippen LogP contribution is -2.48. The van der Waals surface area contributed by atoms with E-state index in [-0.39, 0.29) is 6.54 Å². The summed E-state index contributed by atoms with van der Waals surface area (Å²) in [7, 11) is 0. The molecule has 3 rings (SSSR count). The second kappa shape index (κ2) is 20.3. The zero-order valence-electron chi connectivity index (χ0n) is 37.0. The minimum absolute atomic E-state index is 0.323. The molecule has 3 aliphatic rings. The van der Waals surface area contributed by atoms with Gasteiger partial charge in [-0.15, -0.1) is 0 Å². The minimum Gasteiger partial charge on any atom is -0.464 e. The number of fused-ring (bicyclic) bond motifs is 5. The van der Waals surface area contributed by atoms with Crippen molar-refractivity contribution in [2.45, 2.75) is 106 Å². The molecule has 354 valence electrons. The van der Waals surface area contributed by atoms with Gasteiger partial charge >= 0.3 is 41.8 Å². The second-order valence-corrected chi connectivity index (χ2v) is 26.4. The number of ether oxygens (including phenoxy) is 8. The maximum absolute atomic E-state index is 14.0. The molecule has 0 aromatic carbocycles. The lowest BCUT2D eigenvalue weighted by atomic mass is 9.85. The number of alkyl halides is 4. The van der Waals surface area contributed by atoms with Crippen molar-refractivity contribution < 1.29 is 81.0 Å². The molecule has 22 heteroatoms. The van der Waals surface area contributed by atoms with Gasteiger partial charge in [0.05, 0.1) is 30.6 Å². The number of hydrogen-bond acceptors (Lipinski definition) is 17. The van der Waals surface area contributed by atoms with Gasteiger partial charge in [0.1, 0.15) is 79.8 Å². The number of rotatable bonds is 22. The predicted molar refractivity (Wildman–Crippen MR) is 235 cm³/mol. The first-order valence-corrected chi connectivity index (χ1v) is 22.9. The van der Waals surface area contributed by atoms with E-state index in [9.17, 15) is 43.2 Å². The molecule has 2 amide bonds. The molecule has 2 bridgehead atoms. The Morgan fingerprint density at radius 2 is 0.698 bits per heavy atom. The van der Waals surface area contributed by atoms with Gasteiger partial charge in [0.15, 0.2) is 0 Å². The van der Waals surface area contributed by atoms with Crippen molar-refractivity contribution in [2.75, 3.05) is 52.8 Å². The van der Waals surface area contributed by atoms with Gasteiger partial charge in [0.25, 0.3) is 0 Å². The van der Waals surface area contributed by atoms with Crippen molar-refractivity contribution >= 4 is 117 Å². The van der Waals surface area contributed by atoms with Gasteiger partial charge in [0.2, 0.25) is 11.8 Å². The van der Waals surface area contributed by atoms with Crippen LogP contribution >= 0.6 is 63.7 Å². The predicted octanol–water partition coefficient (Wildman–Crippen LogP) is 4.44. The third kappa shape index (κ3) is 13.8. The molecule has 0 N–H and O–H groups in total. The highest BCUT2D eigenvalue weighted by molar-refractivity contribution is 9.10. The van der Waals surface area contributed by atoms with Gasteiger partial charge in [-0.3, -0.25) is 48.1 Å². The molecule has 3 aliphatic heterocycles. The quantitative estimate of drug-likeness (QED) is 0.0480. The maximum Gasteiger partial charge on any atom is 0.322 e. The van der Waals surface area contributed by atoms with Crippen LogP contribution in [0.2, 0.25) is 0 Å². The molecule has 2 unspecified atom stereocenters. The van der Waals surface area contributed by atoms with E-state index in [2.05, 4.69) is 63.7 Å². The number of imide groups is 1. The molecule has 0 aromatic rings. The van der Waals surface area contributed by atoms with E-state index in [0.717, 1.165) is 4.90 Å². The van der Waals surface area contributed by atoms with Crippen LogP contribution < -0.4 is 0 Å². The first-order chi connectivity index (χ1) is 28.6. The third-order valence-corrected chi connectivity index (χ3v) is 11.4. The Balaban J connectivity index is 1.90. The number of esters is 7. The molecule has 4 atom stereocenters. The van der Waals surface area contributed by atoms with E-state index < -0.39 is 157 Å². The second-order valence-electron chi connectivity index (χ2n) is 18.5. The molecule has 0 aliphatic carbocycles. The van der Waals surface area contributed by atoms with E-state index in [4.69, 9.17) is 37.9 Å². The number of carbonyl (C=O) groups excluding carboxylic acids is 9. The van der Waals surface area contributed by atoms with Gasteiger partial charge < -0.3 is 37.9 Å². The first kappa shape index (κ1) is 54.4. The molecule has 63 heavy (non-hydrogen) atoms. The molecule has 0 spiro atoms. The Bertz CT molecular complexity index is 1680. The summed E-state index contributed by atoms with van der Waals surface area (Å²) in [6.45, 7) is 10.9. The first-order valence-electron chi connectivity index (χ1n) is 19.7. The van der Waals surface area contributed by atoms with Crippen molar-refractivity contribution in [2.24, 2.45) is 28.1 Å². The summed E-state index contributed by atoms with van der Waals surface area (Å²) in [6.07, 6.45) is 2.37. The SMILES string of the molecule is CC(C)(Br)C(=O)OCC(C)(COC(=O)C(C)(C)Br)C(=O)OCC(C)(COC(=O)C(C)(COC(=O)C(C)(C)Br)COC(=O)C(C)(C)Br)C(=O)OCCN1C(=O)[C@@H]2C3C=CC(O3)[C@@H]2C1=O. The van der Waals surface area contributed by atoms with Crippen molar-refractivity contribution in [1.82, 2.24) is 4.90 Å². The third-order valence-electron chi connectivity index (χ3n) is 10.1. The van der Waals surface area contributed by atoms with E-state index in [1.165, 1.54) is 76.2 Å². The van der Waals surface area contributed by atoms with Gasteiger partial charge in [-0.25, -0.2) is 0 Å². The molecule has 0 aromatic heterocycles. The zero-order chi connectivity index (χ0) is 48.3. The fourth-order valence-electron chi connectivity index (χ4n) is 5.85. The zero-order valence-corrected chi connectivity index (χ0v) is 43.4. The van der Waals surface area contributed by atoms with Crippen LogP contribution in [0.25, 0.3) is 0 Å². The lowest BCUT2D eigenvalue weighted by molar-refractivity contribution is -0.183. The number of likely N-dealkylation sites (tertiary alicyclic amines) is 1. The summed E-state index contributed by atoms with van der Waals surface area (Å²) in [6, 6.07) is 0. The summed E-state index contributed by atoms with van der Waals surface area (Å²) < 4.78 is 39.4. The molecule has 2 saturated heterocycles. The average molecular weight is 1150 g/mol. The van der Waals surface area contributed by atoms with Crippen LogP contribution in [0.15, 0.2) is 12.2 Å². The molecular weight excluding hydrogens is 1100 g/mol. The summed E-state index contributed by atoms with van der Waals surface area (Å²) in [5.74, 6) is -8.71. The van der Waals surface area contributed by atoms with Crippen molar-refractivity contribution in [3.8, 4) is 0 Å². The topological polar surface area (TPSA) is 231 Å². The summed E-state index contributed by atoms with van der Waals surface area (Å²) >= 11 is 12.8. The molecular formula is C41H55Br4NO17. The largest absolute Gasteiger partial charge is 0.464 e. The minimum atomic E-state index is -2.04. The highest BCUT2D eigenvalue weighted by Gasteiger charge is 2.60. The Morgan fingerprint density at radius 3 is 0.952 bits per heavy atom. The average Bonchev–Trinajstić information content (AvgIpc) is 3.86. The van der Waals surface area contributed by atoms with Crippen LogP contribution in [-0.4, -0.2) is 141 Å². The number of nitrogens with zero attached hydrogens (tertiary/aromatic N) is 1. The van der Waals surface area contributed by atoms with Crippen molar-refractivity contribution in [3.63, 3.8) is 0 Å². The summed E-state index contributed by atoms with van der Waals surface area (Å²) in [5, 5.41) is 0. The summed E-state index contributed by atoms with van der Waals surface area (Å²) in [4.78, 5) is 120. The normalized spacial score (nSPS) is 20.2. The van der Waals surface area contributed by atoms with Crippen LogP contribution in [0.1, 0.15) is 76.2 Å². The van der Waals surface area contributed by atoms with Crippen LogP contribution in [0, 0.1) is 28.1 Å². The number of carbonyl (C=O) groups is 9. The van der Waals surface area contributed by atoms with Crippen LogP contribution in [0.3, 0.4) is 0 Å². The van der Waals surface area contributed by atoms with E-state index in [0.29, 0.717) is 0 Å². The highest BCUT2D eigenvalue weighted by Crippen LogP contribution is 2.45. The molecule has 2 fully saturated rings. The Labute approximate surface area is 399 Å². The Morgan fingerprint density at radius 1 is 0.460 bits per heavy atom. The van der Waals surface area contributed by atoms with Crippen LogP contribution in [0.4, 0.5) is 0 Å². The monoisotopic (exact) mass is 1150 g/mol. The van der Waals surface area contributed by atoms with Gasteiger partial charge in [0, 0.05) is 0 Å². The molecule has 3 heterocycles. The van der Waals surface area contributed by atoms with E-state index in [1.54, 1.807) is 12.2 Å². The van der Waals surface area contributed by atoms with Crippen molar-refractivity contribution in [1.29, 1.82) is 0 Å². The van der Waals surface area contributed by atoms with E-state index >= 15 is 0 Å². The Hall–Kier alpha value is -2.95. The number of amides is 2. The fraction of sp³-hybridized carbons (Fsp3) is 0.732. The van der Waals surface area contributed by atoms with Crippen LogP contribution in [0.5, 0.6) is 0 Å². The Kier molecular flexibility index (Phi) is 17.5. The van der Waals surface area contributed by atoms with Crippen molar-refractivity contribution in [3.05, 3.63) is 12.2 Å². The molecule has 0 saturated carbocycles. The lowest BCUT2D eigenvalue weighted by Gasteiger charge is -2.33. The molecule has 18 nitrogen and oxygen atoms in total. The maximum atomic E-state index is 14.0. The fourth-order valence-corrected chi connectivity index (χ4v) is 6.31. The standard InChI is InChI=1S/C41H55Br4NO17/c1-35(2,42)28(49)57-16-40(10,17-58-29(50)36(3,4)43)33(54)61-20-39(9,32(53)56-15-14-46-26(47)24-22-12-13-23(63-22)25(24)27(46)48)21-62-34(55)41(11,18-59-30(51)37(5,6)44)19-60-31(52)38(7,8)45/h12-13,22-25H,14-21H2,1-11H3/t22?,23?,24-,25+. The summed E-state index contributed by atoms with van der Waals surface area (Å²) in [5.41, 5.74) is -5.74. The number of hydrogen-bond donors (Lipinski definition) is 0. The van der Waals surface area contributed by atoms with Gasteiger partial charge in [-0.05, 0) is 76.2 Å². The smallest absolute Gasteiger partial charge is 0.322 e. The molecule has 0 radical (unpaired) electrons. The van der Waals surface area contributed by atoms with E-state index in [1.807, 2.05) is 0 Å². The van der Waals surface area contributed by atoms with Gasteiger partial charge in [-0.1, -0.05) is 75.9 Å². The van der Waals surface area contributed by atoms with Crippen LogP contribution in [-0.2, 0) is 81.0 Å². The number of halogens is 4. The van der Waals surface area contributed by atoms with Gasteiger partial charge in [-0.2, -0.15) is 0 Å². The highest BCUT2D eigenvalue weighted by atomic mass is 79.9.